The Balaban J connectivity index is 0.00000300. The molecule has 2 amide bonds. The van der Waals surface area contributed by atoms with Crippen molar-refractivity contribution in [2.24, 2.45) is 5.92 Å². The van der Waals surface area contributed by atoms with E-state index in [2.05, 4.69) is 10.6 Å². The van der Waals surface area contributed by atoms with Crippen molar-refractivity contribution in [1.29, 1.82) is 0 Å². The van der Waals surface area contributed by atoms with Gasteiger partial charge in [-0.2, -0.15) is 0 Å². The fourth-order valence-electron chi connectivity index (χ4n) is 3.61. The number of fused-ring (bicyclic) bond motifs is 1. The van der Waals surface area contributed by atoms with Crippen molar-refractivity contribution >= 4 is 29.9 Å². The summed E-state index contributed by atoms with van der Waals surface area (Å²) < 4.78 is 13.1. The van der Waals surface area contributed by atoms with E-state index in [0.717, 1.165) is 36.1 Å². The number of halogens is 2. The van der Waals surface area contributed by atoms with Crippen LogP contribution in [0.25, 0.3) is 0 Å². The van der Waals surface area contributed by atoms with Gasteiger partial charge in [-0.25, -0.2) is 4.39 Å². The summed E-state index contributed by atoms with van der Waals surface area (Å²) in [6.45, 7) is 3.76. The van der Waals surface area contributed by atoms with Gasteiger partial charge in [0.2, 0.25) is 5.91 Å². The van der Waals surface area contributed by atoms with Crippen LogP contribution < -0.4 is 16.4 Å². The molecule has 0 aliphatic heterocycles. The number of anilines is 1. The third-order valence-corrected chi connectivity index (χ3v) is 5.14. The molecule has 2 atom stereocenters. The molecule has 4 N–H and O–H groups in total. The molecule has 7 heteroatoms. The zero-order valence-electron chi connectivity index (χ0n) is 16.6. The number of nitrogen functional groups attached to an aromatic ring is 1. The summed E-state index contributed by atoms with van der Waals surface area (Å²) in [6, 6.07) is 10.3. The Morgan fingerprint density at radius 1 is 1.14 bits per heavy atom. The molecule has 0 saturated carbocycles. The van der Waals surface area contributed by atoms with Crippen LogP contribution >= 0.6 is 12.4 Å². The number of nitrogens with two attached hydrogens (primary N) is 1. The Bertz CT molecular complexity index is 871. The van der Waals surface area contributed by atoms with E-state index in [1.165, 1.54) is 24.3 Å². The molecule has 5 nitrogen and oxygen atoms in total. The van der Waals surface area contributed by atoms with Crippen LogP contribution in [0.5, 0.6) is 0 Å². The van der Waals surface area contributed by atoms with E-state index in [9.17, 15) is 14.0 Å². The summed E-state index contributed by atoms with van der Waals surface area (Å²) in [7, 11) is 0. The molecule has 2 aromatic rings. The van der Waals surface area contributed by atoms with Gasteiger partial charge in [-0.05, 0) is 72.7 Å². The summed E-state index contributed by atoms with van der Waals surface area (Å²) in [6.07, 6.45) is 2.76. The Hall–Kier alpha value is -2.60. The molecule has 2 unspecified atom stereocenters. The number of amides is 2. The number of aryl methyl sites for hydroxylation is 1. The minimum atomic E-state index is -0.684. The number of nitrogens with one attached hydrogen (secondary N) is 2. The summed E-state index contributed by atoms with van der Waals surface area (Å²) in [5, 5.41) is 5.87. The van der Waals surface area contributed by atoms with Gasteiger partial charge in [0, 0.05) is 11.3 Å². The highest BCUT2D eigenvalue weighted by atomic mass is 35.5. The molecular formula is C22H27ClFN3O2. The first-order valence-corrected chi connectivity index (χ1v) is 9.60. The molecule has 0 heterocycles. The first-order chi connectivity index (χ1) is 13.3. The summed E-state index contributed by atoms with van der Waals surface area (Å²) in [4.78, 5) is 25.4. The molecule has 0 bridgehead atoms. The lowest BCUT2D eigenvalue weighted by Crippen LogP contribution is -2.50. The van der Waals surface area contributed by atoms with Crippen LogP contribution in [-0.4, -0.2) is 17.9 Å². The number of benzene rings is 2. The quantitative estimate of drug-likeness (QED) is 0.645. The lowest BCUT2D eigenvalue weighted by molar-refractivity contribution is -0.124. The normalized spacial score (nSPS) is 16.3. The van der Waals surface area contributed by atoms with Gasteiger partial charge in [-0.3, -0.25) is 9.59 Å². The van der Waals surface area contributed by atoms with Crippen LogP contribution in [0.15, 0.2) is 42.5 Å². The Labute approximate surface area is 176 Å². The van der Waals surface area contributed by atoms with Crippen molar-refractivity contribution in [1.82, 2.24) is 10.6 Å². The molecule has 0 fully saturated rings. The van der Waals surface area contributed by atoms with Crippen LogP contribution in [0, 0.1) is 11.7 Å². The highest BCUT2D eigenvalue weighted by molar-refractivity contribution is 5.97. The molecular weight excluding hydrogens is 393 g/mol. The van der Waals surface area contributed by atoms with Crippen LogP contribution in [0.3, 0.4) is 0 Å². The van der Waals surface area contributed by atoms with E-state index in [4.69, 9.17) is 5.73 Å². The molecule has 29 heavy (non-hydrogen) atoms. The lowest BCUT2D eigenvalue weighted by atomic mass is 9.87. The first kappa shape index (κ1) is 22.7. The average Bonchev–Trinajstić information content (AvgIpc) is 2.66. The number of carbonyl (C=O) groups excluding carboxylic acids is 2. The van der Waals surface area contributed by atoms with Gasteiger partial charge in [0.15, 0.2) is 0 Å². The third-order valence-electron chi connectivity index (χ3n) is 5.14. The number of hydrogen-bond acceptors (Lipinski definition) is 3. The monoisotopic (exact) mass is 419 g/mol. The van der Waals surface area contributed by atoms with E-state index >= 15 is 0 Å². The molecule has 2 aromatic carbocycles. The van der Waals surface area contributed by atoms with Gasteiger partial charge < -0.3 is 16.4 Å². The van der Waals surface area contributed by atoms with Gasteiger partial charge in [-0.1, -0.05) is 19.9 Å². The maximum Gasteiger partial charge on any atom is 0.251 e. The van der Waals surface area contributed by atoms with E-state index in [1.54, 1.807) is 0 Å². The van der Waals surface area contributed by atoms with Gasteiger partial charge in [-0.15, -0.1) is 12.4 Å². The van der Waals surface area contributed by atoms with E-state index < -0.39 is 17.8 Å². The molecule has 3 rings (SSSR count). The van der Waals surface area contributed by atoms with Gasteiger partial charge in [0.1, 0.15) is 11.9 Å². The number of hydrogen-bond donors (Lipinski definition) is 3. The van der Waals surface area contributed by atoms with Crippen molar-refractivity contribution in [3.05, 3.63) is 65.0 Å². The van der Waals surface area contributed by atoms with Crippen molar-refractivity contribution < 1.29 is 14.0 Å². The van der Waals surface area contributed by atoms with Crippen molar-refractivity contribution in [3.8, 4) is 0 Å². The molecule has 0 saturated heterocycles. The maximum absolute atomic E-state index is 13.1. The second-order valence-electron chi connectivity index (χ2n) is 7.61. The standard InChI is InChI=1S/C22H26FN3O2.ClH/c1-13(2)20(26-21(27)14-6-8-16(23)9-7-14)22(28)25-19-5-3-4-15-12-17(24)10-11-18(15)19;/h6-13,19-20H,3-5,24H2,1-2H3,(H,25,28)(H,26,27);1H. The van der Waals surface area contributed by atoms with Crippen LogP contribution in [0.4, 0.5) is 10.1 Å². The predicted octanol–water partition coefficient (Wildman–Crippen LogP) is 3.78. The zero-order valence-corrected chi connectivity index (χ0v) is 17.4. The third kappa shape index (κ3) is 5.48. The van der Waals surface area contributed by atoms with Crippen molar-refractivity contribution in [2.75, 3.05) is 5.73 Å². The predicted molar refractivity (Wildman–Crippen MR) is 114 cm³/mol. The topological polar surface area (TPSA) is 84.2 Å². The fourth-order valence-corrected chi connectivity index (χ4v) is 3.61. The molecule has 1 aliphatic rings. The van der Waals surface area contributed by atoms with Gasteiger partial charge in [0.25, 0.3) is 5.91 Å². The first-order valence-electron chi connectivity index (χ1n) is 9.60. The van der Waals surface area contributed by atoms with E-state index in [1.807, 2.05) is 32.0 Å². The lowest BCUT2D eigenvalue weighted by Gasteiger charge is -2.29. The minimum absolute atomic E-state index is 0. The molecule has 1 aliphatic carbocycles. The largest absolute Gasteiger partial charge is 0.399 e. The van der Waals surface area contributed by atoms with Crippen LogP contribution in [0.2, 0.25) is 0 Å². The number of carbonyl (C=O) groups is 2. The van der Waals surface area contributed by atoms with Crippen molar-refractivity contribution in [2.45, 2.75) is 45.2 Å². The highest BCUT2D eigenvalue weighted by Crippen LogP contribution is 2.31. The summed E-state index contributed by atoms with van der Waals surface area (Å²) >= 11 is 0. The molecule has 156 valence electrons. The second-order valence-corrected chi connectivity index (χ2v) is 7.61. The molecule has 0 radical (unpaired) electrons. The van der Waals surface area contributed by atoms with Gasteiger partial charge in [0.05, 0.1) is 6.04 Å². The summed E-state index contributed by atoms with van der Waals surface area (Å²) in [5.41, 5.74) is 9.16. The van der Waals surface area contributed by atoms with Crippen molar-refractivity contribution in [3.63, 3.8) is 0 Å². The highest BCUT2D eigenvalue weighted by Gasteiger charge is 2.29. The Morgan fingerprint density at radius 2 is 1.83 bits per heavy atom. The van der Waals surface area contributed by atoms with E-state index in [0.29, 0.717) is 5.56 Å². The Morgan fingerprint density at radius 3 is 2.48 bits per heavy atom. The van der Waals surface area contributed by atoms with Crippen LogP contribution in [0.1, 0.15) is 54.2 Å². The minimum Gasteiger partial charge on any atom is -0.399 e. The smallest absolute Gasteiger partial charge is 0.251 e. The summed E-state index contributed by atoms with van der Waals surface area (Å²) in [5.74, 6) is -1.13. The van der Waals surface area contributed by atoms with Crippen LogP contribution in [-0.2, 0) is 11.2 Å². The maximum atomic E-state index is 13.1. The fraction of sp³-hybridized carbons (Fsp3) is 0.364. The Kier molecular flexibility index (Phi) is 7.62. The molecule has 0 aromatic heterocycles. The number of rotatable bonds is 5. The zero-order chi connectivity index (χ0) is 20.3. The SMILES string of the molecule is CC(C)C(NC(=O)c1ccc(F)cc1)C(=O)NC1CCCc2cc(N)ccc21.Cl. The molecule has 0 spiro atoms. The van der Waals surface area contributed by atoms with Gasteiger partial charge >= 0.3 is 0 Å². The van der Waals surface area contributed by atoms with E-state index in [-0.39, 0.29) is 30.3 Å². The second kappa shape index (κ2) is 9.74. The average molecular weight is 420 g/mol.